The number of benzene rings is 1. The van der Waals surface area contributed by atoms with Crippen LogP contribution in [0.2, 0.25) is 0 Å². The highest BCUT2D eigenvalue weighted by atomic mass is 16.5. The van der Waals surface area contributed by atoms with Crippen molar-refractivity contribution in [2.45, 2.75) is 39.0 Å². The zero-order valence-electron chi connectivity index (χ0n) is 14.4. The number of carbonyl (C=O) groups is 2. The standard InChI is InChI=1S/C16H25NO.C2H2O4/c1-14(2)15-7-6-8-16(13-15)18-12-11-17-9-4-3-5-10-17;3-1(4)2(5)6/h6-8,13-14H,3-5,9-12H2,1-2H3;(H,3,4)(H,5,6). The average Bonchev–Trinajstić information content (AvgIpc) is 2.56. The van der Waals surface area contributed by atoms with Crippen molar-refractivity contribution in [1.82, 2.24) is 4.90 Å². The number of hydrogen-bond acceptors (Lipinski definition) is 4. The molecule has 1 aromatic carbocycles. The van der Waals surface area contributed by atoms with E-state index in [9.17, 15) is 0 Å². The quantitative estimate of drug-likeness (QED) is 0.804. The van der Waals surface area contributed by atoms with E-state index in [0.29, 0.717) is 5.92 Å². The maximum absolute atomic E-state index is 9.10. The molecule has 0 saturated carbocycles. The summed E-state index contributed by atoms with van der Waals surface area (Å²) in [6.07, 6.45) is 4.10. The Morgan fingerprint density at radius 3 is 2.29 bits per heavy atom. The third kappa shape index (κ3) is 7.97. The molecule has 0 aromatic heterocycles. The molecular weight excluding hydrogens is 310 g/mol. The predicted octanol–water partition coefficient (Wildman–Crippen LogP) is 2.83. The summed E-state index contributed by atoms with van der Waals surface area (Å²) in [6.45, 7) is 8.79. The fraction of sp³-hybridized carbons (Fsp3) is 0.556. The lowest BCUT2D eigenvalue weighted by Gasteiger charge is -2.26. The van der Waals surface area contributed by atoms with Gasteiger partial charge in [-0.15, -0.1) is 0 Å². The van der Waals surface area contributed by atoms with E-state index in [2.05, 4.69) is 43.0 Å². The summed E-state index contributed by atoms with van der Waals surface area (Å²) in [7, 11) is 0. The molecule has 24 heavy (non-hydrogen) atoms. The molecule has 0 bridgehead atoms. The molecule has 0 aliphatic carbocycles. The topological polar surface area (TPSA) is 87.1 Å². The van der Waals surface area contributed by atoms with Gasteiger partial charge in [-0.3, -0.25) is 4.90 Å². The van der Waals surface area contributed by atoms with Crippen molar-refractivity contribution in [2.24, 2.45) is 0 Å². The average molecular weight is 337 g/mol. The third-order valence-electron chi connectivity index (χ3n) is 3.83. The molecule has 0 unspecified atom stereocenters. The van der Waals surface area contributed by atoms with Gasteiger partial charge in [-0.25, -0.2) is 9.59 Å². The van der Waals surface area contributed by atoms with Gasteiger partial charge in [0.05, 0.1) is 0 Å². The second-order valence-corrected chi connectivity index (χ2v) is 6.09. The second kappa shape index (κ2) is 10.6. The van der Waals surface area contributed by atoms with Gasteiger partial charge in [0.1, 0.15) is 12.4 Å². The van der Waals surface area contributed by atoms with Crippen LogP contribution in [0.5, 0.6) is 5.75 Å². The Kier molecular flexibility index (Phi) is 8.86. The number of rotatable bonds is 5. The van der Waals surface area contributed by atoms with Crippen molar-refractivity contribution < 1.29 is 24.5 Å². The number of carboxylic acids is 2. The fourth-order valence-electron chi connectivity index (χ4n) is 2.44. The highest BCUT2D eigenvalue weighted by Crippen LogP contribution is 2.20. The van der Waals surface area contributed by atoms with E-state index in [1.807, 2.05) is 0 Å². The summed E-state index contributed by atoms with van der Waals surface area (Å²) in [5, 5.41) is 14.8. The van der Waals surface area contributed by atoms with Crippen molar-refractivity contribution in [2.75, 3.05) is 26.2 Å². The fourth-order valence-corrected chi connectivity index (χ4v) is 2.44. The SMILES string of the molecule is CC(C)c1cccc(OCCN2CCCCC2)c1.O=C(O)C(=O)O. The first-order valence-corrected chi connectivity index (χ1v) is 8.31. The van der Waals surface area contributed by atoms with E-state index in [1.165, 1.54) is 37.9 Å². The van der Waals surface area contributed by atoms with Crippen LogP contribution in [-0.2, 0) is 9.59 Å². The van der Waals surface area contributed by atoms with E-state index in [0.717, 1.165) is 18.9 Å². The number of nitrogens with zero attached hydrogens (tertiary/aromatic N) is 1. The van der Waals surface area contributed by atoms with E-state index in [1.54, 1.807) is 0 Å². The lowest BCUT2D eigenvalue weighted by molar-refractivity contribution is -0.159. The zero-order chi connectivity index (χ0) is 17.9. The van der Waals surface area contributed by atoms with Crippen LogP contribution in [0.25, 0.3) is 0 Å². The summed E-state index contributed by atoms with van der Waals surface area (Å²) in [5.41, 5.74) is 1.35. The van der Waals surface area contributed by atoms with Crippen molar-refractivity contribution in [3.8, 4) is 5.75 Å². The van der Waals surface area contributed by atoms with E-state index < -0.39 is 11.9 Å². The lowest BCUT2D eigenvalue weighted by Crippen LogP contribution is -2.33. The van der Waals surface area contributed by atoms with Gasteiger partial charge < -0.3 is 14.9 Å². The van der Waals surface area contributed by atoms with Gasteiger partial charge in [-0.05, 0) is 49.5 Å². The minimum atomic E-state index is -1.82. The van der Waals surface area contributed by atoms with Crippen LogP contribution < -0.4 is 4.74 Å². The highest BCUT2D eigenvalue weighted by Gasteiger charge is 2.09. The smallest absolute Gasteiger partial charge is 0.414 e. The molecule has 6 heteroatoms. The Hall–Kier alpha value is -2.08. The number of piperidine rings is 1. The number of hydrogen-bond donors (Lipinski definition) is 2. The molecule has 0 radical (unpaired) electrons. The number of carboxylic acid groups (broad SMARTS) is 2. The molecule has 1 aromatic rings. The van der Waals surface area contributed by atoms with Gasteiger partial charge in [-0.1, -0.05) is 32.4 Å². The monoisotopic (exact) mass is 337 g/mol. The van der Waals surface area contributed by atoms with Crippen LogP contribution in [0.4, 0.5) is 0 Å². The van der Waals surface area contributed by atoms with E-state index in [-0.39, 0.29) is 0 Å². The van der Waals surface area contributed by atoms with Crippen molar-refractivity contribution >= 4 is 11.9 Å². The first-order valence-electron chi connectivity index (χ1n) is 8.31. The van der Waals surface area contributed by atoms with Gasteiger partial charge >= 0.3 is 11.9 Å². The number of likely N-dealkylation sites (tertiary alicyclic amines) is 1. The summed E-state index contributed by atoms with van der Waals surface area (Å²) >= 11 is 0. The van der Waals surface area contributed by atoms with Gasteiger partial charge in [0.25, 0.3) is 0 Å². The first-order chi connectivity index (χ1) is 11.4. The minimum absolute atomic E-state index is 0.565. The molecule has 0 spiro atoms. The molecule has 6 nitrogen and oxygen atoms in total. The maximum atomic E-state index is 9.10. The van der Waals surface area contributed by atoms with Gasteiger partial charge in [-0.2, -0.15) is 0 Å². The van der Waals surface area contributed by atoms with E-state index >= 15 is 0 Å². The molecule has 134 valence electrons. The van der Waals surface area contributed by atoms with Crippen LogP contribution in [0.1, 0.15) is 44.6 Å². The van der Waals surface area contributed by atoms with Crippen LogP contribution in [-0.4, -0.2) is 53.3 Å². The largest absolute Gasteiger partial charge is 0.492 e. The Balaban J connectivity index is 0.000000413. The Labute approximate surface area is 143 Å². The molecule has 0 amide bonds. The molecule has 1 heterocycles. The van der Waals surface area contributed by atoms with Crippen LogP contribution in [0, 0.1) is 0 Å². The highest BCUT2D eigenvalue weighted by molar-refractivity contribution is 6.27. The second-order valence-electron chi connectivity index (χ2n) is 6.09. The summed E-state index contributed by atoms with van der Waals surface area (Å²) in [5.74, 6) is -2.07. The molecule has 1 aliphatic heterocycles. The summed E-state index contributed by atoms with van der Waals surface area (Å²) in [4.78, 5) is 20.7. The van der Waals surface area contributed by atoms with Crippen LogP contribution >= 0.6 is 0 Å². The molecule has 0 atom stereocenters. The van der Waals surface area contributed by atoms with Crippen LogP contribution in [0.15, 0.2) is 24.3 Å². The Morgan fingerprint density at radius 1 is 1.12 bits per heavy atom. The maximum Gasteiger partial charge on any atom is 0.414 e. The molecule has 2 N–H and O–H groups in total. The third-order valence-corrected chi connectivity index (χ3v) is 3.83. The minimum Gasteiger partial charge on any atom is -0.492 e. The number of aliphatic carboxylic acids is 2. The normalized spacial score (nSPS) is 14.6. The molecule has 1 aliphatic rings. The van der Waals surface area contributed by atoms with Crippen LogP contribution in [0.3, 0.4) is 0 Å². The molecule has 1 saturated heterocycles. The molecular formula is C18H27NO5. The number of ether oxygens (including phenoxy) is 1. The Morgan fingerprint density at radius 2 is 1.75 bits per heavy atom. The van der Waals surface area contributed by atoms with Gasteiger partial charge in [0.2, 0.25) is 0 Å². The lowest BCUT2D eigenvalue weighted by atomic mass is 10.0. The zero-order valence-corrected chi connectivity index (χ0v) is 14.4. The molecule has 2 rings (SSSR count). The van der Waals surface area contributed by atoms with Gasteiger partial charge in [0.15, 0.2) is 0 Å². The van der Waals surface area contributed by atoms with Gasteiger partial charge in [0, 0.05) is 6.54 Å². The summed E-state index contributed by atoms with van der Waals surface area (Å²) < 4.78 is 5.86. The van der Waals surface area contributed by atoms with Crippen molar-refractivity contribution in [3.05, 3.63) is 29.8 Å². The first kappa shape index (κ1) is 20.0. The molecule has 1 fully saturated rings. The Bertz CT molecular complexity index is 512. The van der Waals surface area contributed by atoms with Crippen molar-refractivity contribution in [3.63, 3.8) is 0 Å². The predicted molar refractivity (Wildman–Crippen MR) is 91.6 cm³/mol. The van der Waals surface area contributed by atoms with Crippen molar-refractivity contribution in [1.29, 1.82) is 0 Å². The van der Waals surface area contributed by atoms with E-state index in [4.69, 9.17) is 24.5 Å². The summed E-state index contributed by atoms with van der Waals surface area (Å²) in [6, 6.07) is 8.48.